The monoisotopic (exact) mass is 284 g/mol. The van der Waals surface area contributed by atoms with Gasteiger partial charge in [0, 0.05) is 0 Å². The van der Waals surface area contributed by atoms with E-state index >= 15 is 0 Å². The molecule has 0 amide bonds. The van der Waals surface area contributed by atoms with E-state index in [2.05, 4.69) is 56.2 Å². The molecule has 0 aromatic carbocycles. The van der Waals surface area contributed by atoms with E-state index in [1.807, 2.05) is 13.8 Å². The summed E-state index contributed by atoms with van der Waals surface area (Å²) in [5, 5.41) is 0. The van der Waals surface area contributed by atoms with Gasteiger partial charge in [0.05, 0.1) is 5.54 Å². The Bertz CT molecular complexity index is 216. The average Bonchev–Trinajstić information content (AvgIpc) is 2.40. The minimum atomic E-state index is -0.836. The molecule has 0 aliphatic rings. The van der Waals surface area contributed by atoms with Gasteiger partial charge in [0.2, 0.25) is 0 Å². The Morgan fingerprint density at radius 1 is 0.600 bits per heavy atom. The Morgan fingerprint density at radius 2 is 0.800 bits per heavy atom. The van der Waals surface area contributed by atoms with Gasteiger partial charge in [0.1, 0.15) is 0 Å². The van der Waals surface area contributed by atoms with Crippen LogP contribution in [0.4, 0.5) is 0 Å². The molecule has 0 saturated carbocycles. The maximum Gasteiger partial charge on any atom is 0.152 e. The summed E-state index contributed by atoms with van der Waals surface area (Å²) in [4.78, 5) is 7.19. The molecule has 4 heteroatoms. The molecule has 0 N–H and O–H groups in total. The van der Waals surface area contributed by atoms with E-state index in [1.165, 1.54) is 0 Å². The van der Waals surface area contributed by atoms with Crippen molar-refractivity contribution >= 4 is 0 Å². The van der Waals surface area contributed by atoms with Crippen molar-refractivity contribution in [3.63, 3.8) is 0 Å². The third-order valence-electron chi connectivity index (χ3n) is 4.43. The molecule has 0 atom stereocenters. The van der Waals surface area contributed by atoms with E-state index < -0.39 is 11.3 Å². The lowest BCUT2D eigenvalue weighted by Gasteiger charge is -2.60. The third kappa shape index (κ3) is 3.35. The van der Waals surface area contributed by atoms with Crippen molar-refractivity contribution in [2.75, 3.05) is 39.3 Å². The van der Waals surface area contributed by atoms with E-state index in [1.54, 1.807) is 0 Å². The van der Waals surface area contributed by atoms with Crippen LogP contribution in [0.2, 0.25) is 0 Å². The predicted molar refractivity (Wildman–Crippen MR) is 87.7 cm³/mol. The minimum Gasteiger partial charge on any atom is -0.272 e. The van der Waals surface area contributed by atoms with Gasteiger partial charge in [-0.2, -0.15) is 0 Å². The van der Waals surface area contributed by atoms with Gasteiger partial charge in [-0.25, -0.2) is 0 Å². The Balaban J connectivity index is 6.15. The van der Waals surface area contributed by atoms with Crippen LogP contribution in [0, 0.1) is 0 Å². The lowest BCUT2D eigenvalue weighted by atomic mass is 9.90. The van der Waals surface area contributed by atoms with E-state index in [9.17, 15) is 5.73 Å². The van der Waals surface area contributed by atoms with Crippen molar-refractivity contribution < 1.29 is 0 Å². The van der Waals surface area contributed by atoms with Crippen molar-refractivity contribution in [2.45, 2.75) is 66.7 Å². The topological polar surface area (TPSA) is 32.0 Å². The molecule has 20 heavy (non-hydrogen) atoms. The van der Waals surface area contributed by atoms with Gasteiger partial charge in [-0.05, 0) is 53.1 Å². The fourth-order valence-corrected chi connectivity index (χ4v) is 3.75. The van der Waals surface area contributed by atoms with Crippen molar-refractivity contribution in [2.24, 2.45) is 0 Å². The van der Waals surface area contributed by atoms with Crippen LogP contribution < -0.4 is 5.73 Å². The van der Waals surface area contributed by atoms with Crippen LogP contribution in [0.15, 0.2) is 0 Å². The van der Waals surface area contributed by atoms with E-state index in [0.717, 1.165) is 39.3 Å². The molecule has 0 heterocycles. The molecule has 0 spiro atoms. The minimum absolute atomic E-state index is 0.455. The first kappa shape index (κ1) is 19.8. The lowest BCUT2D eigenvalue weighted by Crippen LogP contribution is -2.79. The van der Waals surface area contributed by atoms with Crippen LogP contribution in [-0.4, -0.2) is 65.3 Å². The van der Waals surface area contributed by atoms with Crippen LogP contribution in [-0.2, 0) is 0 Å². The van der Waals surface area contributed by atoms with Gasteiger partial charge in [-0.3, -0.25) is 14.7 Å². The smallest absolute Gasteiger partial charge is 0.152 e. The second-order valence-electron chi connectivity index (χ2n) is 5.71. The van der Waals surface area contributed by atoms with E-state index in [-0.39, 0.29) is 0 Å². The van der Waals surface area contributed by atoms with Crippen molar-refractivity contribution in [3.05, 3.63) is 0 Å². The highest BCUT2D eigenvalue weighted by molar-refractivity contribution is 5.03. The molecule has 2 radical (unpaired) electrons. The summed E-state index contributed by atoms with van der Waals surface area (Å²) in [6.45, 7) is 22.5. The molecular weight excluding hydrogens is 248 g/mol. The Morgan fingerprint density at radius 3 is 0.900 bits per heavy atom. The van der Waals surface area contributed by atoms with Gasteiger partial charge in [0.15, 0.2) is 5.79 Å². The van der Waals surface area contributed by atoms with Gasteiger partial charge >= 0.3 is 0 Å². The number of hydrogen-bond donors (Lipinski definition) is 0. The predicted octanol–water partition coefficient (Wildman–Crippen LogP) is 2.51. The van der Waals surface area contributed by atoms with Gasteiger partial charge < -0.3 is 0 Å². The first-order chi connectivity index (χ1) is 9.31. The molecule has 120 valence electrons. The van der Waals surface area contributed by atoms with Gasteiger partial charge in [-0.15, -0.1) is 5.73 Å². The van der Waals surface area contributed by atoms with Crippen molar-refractivity contribution in [1.82, 2.24) is 20.4 Å². The van der Waals surface area contributed by atoms with Crippen LogP contribution >= 0.6 is 0 Å². The van der Waals surface area contributed by atoms with Crippen LogP contribution in [0.3, 0.4) is 0 Å². The quantitative estimate of drug-likeness (QED) is 0.578. The van der Waals surface area contributed by atoms with E-state index in [4.69, 9.17) is 0 Å². The first-order valence-corrected chi connectivity index (χ1v) is 8.28. The zero-order valence-corrected chi connectivity index (χ0v) is 15.0. The van der Waals surface area contributed by atoms with Crippen LogP contribution in [0.1, 0.15) is 55.4 Å². The molecule has 0 bridgehead atoms. The summed E-state index contributed by atoms with van der Waals surface area (Å²) in [7, 11) is 0. The molecule has 0 unspecified atom stereocenters. The first-order valence-electron chi connectivity index (χ1n) is 8.28. The van der Waals surface area contributed by atoms with Crippen LogP contribution in [0.5, 0.6) is 0 Å². The highest BCUT2D eigenvalue weighted by Gasteiger charge is 2.54. The second kappa shape index (κ2) is 8.32. The Kier molecular flexibility index (Phi) is 8.26. The number of rotatable bonds is 10. The largest absolute Gasteiger partial charge is 0.272 e. The van der Waals surface area contributed by atoms with Crippen LogP contribution in [0.25, 0.3) is 0 Å². The van der Waals surface area contributed by atoms with Gasteiger partial charge in [0.25, 0.3) is 0 Å². The zero-order valence-electron chi connectivity index (χ0n) is 15.0. The number of nitrogens with zero attached hydrogens (tertiary/aromatic N) is 4. The molecule has 4 nitrogen and oxygen atoms in total. The normalized spacial score (nSPS) is 13.8. The van der Waals surface area contributed by atoms with Crippen molar-refractivity contribution in [3.8, 4) is 0 Å². The number of hydrogen-bond acceptors (Lipinski definition) is 3. The average molecular weight is 284 g/mol. The summed E-state index contributed by atoms with van der Waals surface area (Å²) < 4.78 is 0. The zero-order chi connectivity index (χ0) is 16.0. The molecule has 0 aliphatic carbocycles. The lowest BCUT2D eigenvalue weighted by molar-refractivity contribution is -0.201. The third-order valence-corrected chi connectivity index (χ3v) is 4.43. The fraction of sp³-hybridized carbons (Fsp3) is 1.00. The standard InChI is InChI=1S/C16H36N4/c1-9-18(10-2)16(15(7,8)17,19(11-3)12-4)20(13-5)14-6/h9-14H2,1-8H3. The molecule has 0 fully saturated rings. The summed E-state index contributed by atoms with van der Waals surface area (Å²) in [6, 6.07) is 0. The molecule has 0 aromatic rings. The highest BCUT2D eigenvalue weighted by atomic mass is 15.6. The summed E-state index contributed by atoms with van der Waals surface area (Å²) in [6.07, 6.45) is 0. The SMILES string of the molecule is CCN(CC)C(N(CC)CC)(N(CC)CC)C(C)(C)[N]. The Labute approximate surface area is 127 Å². The molecule has 0 saturated heterocycles. The molecule has 0 rings (SSSR count). The maximum absolute atomic E-state index is 11.1. The number of likely N-dealkylation sites (N-methyl/N-ethyl adjacent to an activating group) is 3. The molecule has 0 aliphatic heterocycles. The molecular formula is C16H36N4. The highest BCUT2D eigenvalue weighted by Crippen LogP contribution is 2.35. The van der Waals surface area contributed by atoms with E-state index in [0.29, 0.717) is 0 Å². The summed E-state index contributed by atoms with van der Waals surface area (Å²) >= 11 is 0. The fourth-order valence-electron chi connectivity index (χ4n) is 3.75. The van der Waals surface area contributed by atoms with Crippen molar-refractivity contribution in [1.29, 1.82) is 0 Å². The maximum atomic E-state index is 11.1. The Hall–Kier alpha value is -0.160. The summed E-state index contributed by atoms with van der Waals surface area (Å²) in [5.74, 6) is -0.455. The second-order valence-corrected chi connectivity index (χ2v) is 5.71. The van der Waals surface area contributed by atoms with Gasteiger partial charge in [-0.1, -0.05) is 41.5 Å². The molecule has 0 aromatic heterocycles. The summed E-state index contributed by atoms with van der Waals surface area (Å²) in [5.41, 5.74) is 10.3.